The van der Waals surface area contributed by atoms with Crippen molar-refractivity contribution in [1.29, 1.82) is 0 Å². The second kappa shape index (κ2) is 5.47. The summed E-state index contributed by atoms with van der Waals surface area (Å²) < 4.78 is 0. The summed E-state index contributed by atoms with van der Waals surface area (Å²) in [6.45, 7) is 2.00. The van der Waals surface area contributed by atoms with Crippen molar-refractivity contribution in [2.45, 2.75) is 25.4 Å². The largest absolute Gasteiger partial charge is 0.340 e. The maximum absolute atomic E-state index is 6.32. The third-order valence-corrected chi connectivity index (χ3v) is 5.59. The zero-order chi connectivity index (χ0) is 16.1. The van der Waals surface area contributed by atoms with Crippen LogP contribution in [-0.4, -0.2) is 21.4 Å². The molecule has 120 valence electrons. The van der Waals surface area contributed by atoms with Gasteiger partial charge < -0.3 is 4.98 Å². The van der Waals surface area contributed by atoms with Gasteiger partial charge >= 0.3 is 0 Å². The molecule has 0 spiro atoms. The van der Waals surface area contributed by atoms with Crippen LogP contribution in [0.2, 0.25) is 5.02 Å². The van der Waals surface area contributed by atoms with E-state index in [0.717, 1.165) is 42.3 Å². The number of aromatic amines is 1. The molecule has 0 bridgehead atoms. The Labute approximate surface area is 146 Å². The summed E-state index contributed by atoms with van der Waals surface area (Å²) in [5, 5.41) is 0.744. The molecule has 4 heteroatoms. The molecule has 0 amide bonds. The highest BCUT2D eigenvalue weighted by atomic mass is 35.5. The minimum atomic E-state index is 0.557. The van der Waals surface area contributed by atoms with Crippen LogP contribution in [0.4, 0.5) is 0 Å². The van der Waals surface area contributed by atoms with Gasteiger partial charge in [0.25, 0.3) is 0 Å². The van der Waals surface area contributed by atoms with E-state index in [9.17, 15) is 0 Å². The fourth-order valence-corrected chi connectivity index (χ4v) is 4.14. The SMILES string of the molecule is Clc1ccccc1-c1nc2c([nH]1)CN(C1Cc3ccccc31)CC2. The van der Waals surface area contributed by atoms with Crippen molar-refractivity contribution < 1.29 is 0 Å². The summed E-state index contributed by atoms with van der Waals surface area (Å²) >= 11 is 6.32. The fourth-order valence-electron chi connectivity index (χ4n) is 3.92. The minimum Gasteiger partial charge on any atom is -0.340 e. The summed E-state index contributed by atoms with van der Waals surface area (Å²) in [6.07, 6.45) is 2.16. The molecule has 0 radical (unpaired) electrons. The van der Waals surface area contributed by atoms with Gasteiger partial charge in [-0.25, -0.2) is 4.98 Å². The van der Waals surface area contributed by atoms with E-state index in [1.54, 1.807) is 0 Å². The molecule has 0 saturated heterocycles. The Morgan fingerprint density at radius 2 is 1.92 bits per heavy atom. The molecule has 3 nitrogen and oxygen atoms in total. The normalized spacial score (nSPS) is 19.5. The fraction of sp³-hybridized carbons (Fsp3) is 0.250. The standard InChI is InChI=1S/C20H18ClN3/c21-16-8-4-3-7-15(16)20-22-17-9-10-24(12-18(17)23-20)19-11-13-5-1-2-6-14(13)19/h1-8,19H,9-12H2,(H,22,23). The van der Waals surface area contributed by atoms with Crippen molar-refractivity contribution in [3.05, 3.63) is 76.1 Å². The third-order valence-electron chi connectivity index (χ3n) is 5.26. The van der Waals surface area contributed by atoms with Gasteiger partial charge in [-0.1, -0.05) is 48.0 Å². The highest BCUT2D eigenvalue weighted by Gasteiger charge is 2.33. The van der Waals surface area contributed by atoms with Crippen LogP contribution in [0.25, 0.3) is 11.4 Å². The molecule has 1 atom stereocenters. The summed E-state index contributed by atoms with van der Waals surface area (Å²) in [5.74, 6) is 0.890. The first-order valence-corrected chi connectivity index (χ1v) is 8.82. The number of fused-ring (bicyclic) bond motifs is 2. The van der Waals surface area contributed by atoms with Crippen LogP contribution < -0.4 is 0 Å². The van der Waals surface area contributed by atoms with Crippen LogP contribution in [0.5, 0.6) is 0 Å². The van der Waals surface area contributed by atoms with E-state index in [0.29, 0.717) is 6.04 Å². The lowest BCUT2D eigenvalue weighted by atomic mass is 9.81. The molecule has 5 rings (SSSR count). The molecule has 2 heterocycles. The molecule has 24 heavy (non-hydrogen) atoms. The van der Waals surface area contributed by atoms with E-state index < -0.39 is 0 Å². The third kappa shape index (κ3) is 2.20. The van der Waals surface area contributed by atoms with Crippen molar-refractivity contribution in [3.63, 3.8) is 0 Å². The summed E-state index contributed by atoms with van der Waals surface area (Å²) in [4.78, 5) is 10.9. The van der Waals surface area contributed by atoms with E-state index in [1.807, 2.05) is 24.3 Å². The number of aromatic nitrogens is 2. The number of hydrogen-bond acceptors (Lipinski definition) is 2. The molecule has 1 unspecified atom stereocenters. The first-order chi connectivity index (χ1) is 11.8. The summed E-state index contributed by atoms with van der Waals surface area (Å²) in [5.41, 5.74) is 6.39. The monoisotopic (exact) mass is 335 g/mol. The quantitative estimate of drug-likeness (QED) is 0.753. The summed E-state index contributed by atoms with van der Waals surface area (Å²) in [6, 6.07) is 17.2. The van der Waals surface area contributed by atoms with E-state index in [4.69, 9.17) is 16.6 Å². The predicted octanol–water partition coefficient (Wildman–Crippen LogP) is 4.39. The van der Waals surface area contributed by atoms with Crippen molar-refractivity contribution in [2.24, 2.45) is 0 Å². The van der Waals surface area contributed by atoms with Crippen LogP contribution in [-0.2, 0) is 19.4 Å². The number of benzene rings is 2. The molecule has 1 aliphatic carbocycles. The molecular weight excluding hydrogens is 318 g/mol. The Morgan fingerprint density at radius 3 is 2.79 bits per heavy atom. The summed E-state index contributed by atoms with van der Waals surface area (Å²) in [7, 11) is 0. The predicted molar refractivity (Wildman–Crippen MR) is 96.0 cm³/mol. The molecule has 3 aromatic rings. The number of nitrogens with zero attached hydrogens (tertiary/aromatic N) is 2. The number of hydrogen-bond donors (Lipinski definition) is 1. The number of H-pyrrole nitrogens is 1. The number of imidazole rings is 1. The second-order valence-electron chi connectivity index (χ2n) is 6.63. The lowest BCUT2D eigenvalue weighted by Crippen LogP contribution is -2.39. The Balaban J connectivity index is 1.42. The van der Waals surface area contributed by atoms with Gasteiger partial charge in [-0.3, -0.25) is 4.90 Å². The first-order valence-electron chi connectivity index (χ1n) is 8.44. The van der Waals surface area contributed by atoms with E-state index >= 15 is 0 Å². The van der Waals surface area contributed by atoms with Crippen LogP contribution in [0.3, 0.4) is 0 Å². The molecule has 1 aliphatic heterocycles. The highest BCUT2D eigenvalue weighted by molar-refractivity contribution is 6.33. The van der Waals surface area contributed by atoms with Crippen LogP contribution in [0.15, 0.2) is 48.5 Å². The van der Waals surface area contributed by atoms with E-state index in [1.165, 1.54) is 22.5 Å². The molecule has 0 saturated carbocycles. The molecule has 2 aromatic carbocycles. The lowest BCUT2D eigenvalue weighted by Gasteiger charge is -2.41. The van der Waals surface area contributed by atoms with Crippen LogP contribution in [0.1, 0.15) is 28.6 Å². The molecule has 2 aliphatic rings. The van der Waals surface area contributed by atoms with Gasteiger partial charge in [0, 0.05) is 31.1 Å². The molecule has 1 aromatic heterocycles. The highest BCUT2D eigenvalue weighted by Crippen LogP contribution is 2.39. The average Bonchev–Trinajstić information content (AvgIpc) is 2.99. The van der Waals surface area contributed by atoms with Gasteiger partial charge in [-0.2, -0.15) is 0 Å². The smallest absolute Gasteiger partial charge is 0.139 e. The van der Waals surface area contributed by atoms with Gasteiger partial charge in [0.1, 0.15) is 5.82 Å². The first kappa shape index (κ1) is 14.3. The van der Waals surface area contributed by atoms with E-state index in [-0.39, 0.29) is 0 Å². The van der Waals surface area contributed by atoms with Crippen molar-refractivity contribution in [2.75, 3.05) is 6.54 Å². The lowest BCUT2D eigenvalue weighted by molar-refractivity contribution is 0.157. The Kier molecular flexibility index (Phi) is 3.25. The molecular formula is C20H18ClN3. The van der Waals surface area contributed by atoms with E-state index in [2.05, 4.69) is 34.1 Å². The second-order valence-corrected chi connectivity index (χ2v) is 7.04. The average molecular weight is 336 g/mol. The molecule has 0 fully saturated rings. The maximum Gasteiger partial charge on any atom is 0.139 e. The van der Waals surface area contributed by atoms with Gasteiger partial charge in [0.15, 0.2) is 0 Å². The minimum absolute atomic E-state index is 0.557. The zero-order valence-electron chi connectivity index (χ0n) is 13.3. The van der Waals surface area contributed by atoms with Gasteiger partial charge in [-0.05, 0) is 29.7 Å². The van der Waals surface area contributed by atoms with Gasteiger partial charge in [-0.15, -0.1) is 0 Å². The van der Waals surface area contributed by atoms with Crippen LogP contribution in [0, 0.1) is 0 Å². The van der Waals surface area contributed by atoms with Crippen molar-refractivity contribution >= 4 is 11.6 Å². The van der Waals surface area contributed by atoms with Crippen LogP contribution >= 0.6 is 11.6 Å². The Morgan fingerprint density at radius 1 is 1.08 bits per heavy atom. The van der Waals surface area contributed by atoms with Crippen molar-refractivity contribution in [1.82, 2.24) is 14.9 Å². The number of nitrogens with one attached hydrogen (secondary N) is 1. The number of halogens is 1. The zero-order valence-corrected chi connectivity index (χ0v) is 14.1. The number of rotatable bonds is 2. The Bertz CT molecular complexity index is 915. The molecule has 1 N–H and O–H groups in total. The topological polar surface area (TPSA) is 31.9 Å². The van der Waals surface area contributed by atoms with Gasteiger partial charge in [0.2, 0.25) is 0 Å². The van der Waals surface area contributed by atoms with Gasteiger partial charge in [0.05, 0.1) is 16.4 Å². The Hall–Kier alpha value is -2.10. The van der Waals surface area contributed by atoms with Crippen molar-refractivity contribution in [3.8, 4) is 11.4 Å². The maximum atomic E-state index is 6.32.